The molecule has 2 saturated carbocycles. The largest absolute Gasteiger partial charge is 0.366 e. The smallest absolute Gasteiger partial charge is 0.121 e. The van der Waals surface area contributed by atoms with Crippen LogP contribution in [-0.2, 0) is 13.0 Å². The van der Waals surface area contributed by atoms with Crippen molar-refractivity contribution in [2.45, 2.75) is 121 Å². The van der Waals surface area contributed by atoms with Crippen LogP contribution in [0.15, 0.2) is 29.3 Å². The van der Waals surface area contributed by atoms with E-state index in [4.69, 9.17) is 4.99 Å². The molecule has 1 aromatic rings. The van der Waals surface area contributed by atoms with E-state index in [1.54, 1.807) is 0 Å². The second-order valence-corrected chi connectivity index (χ2v) is 13.6. The molecule has 0 spiro atoms. The highest BCUT2D eigenvalue weighted by atomic mass is 31.1. The van der Waals surface area contributed by atoms with Crippen molar-refractivity contribution in [1.29, 1.82) is 0 Å². The molecule has 170 valence electrons. The predicted molar refractivity (Wildman–Crippen MR) is 138 cm³/mol. The van der Waals surface area contributed by atoms with E-state index in [-0.39, 0.29) is 13.5 Å². The lowest BCUT2D eigenvalue weighted by atomic mass is 9.93. The minimum absolute atomic E-state index is 0.0682. The topological polar surface area (TPSA) is 24.4 Å². The van der Waals surface area contributed by atoms with Crippen molar-refractivity contribution >= 4 is 19.6 Å². The van der Waals surface area contributed by atoms with E-state index in [2.05, 4.69) is 56.4 Å². The number of allylic oxidation sites excluding steroid dienone is 1. The van der Waals surface area contributed by atoms with Crippen LogP contribution >= 0.6 is 7.92 Å². The van der Waals surface area contributed by atoms with Gasteiger partial charge in [-0.3, -0.25) is 4.99 Å². The van der Waals surface area contributed by atoms with E-state index in [9.17, 15) is 0 Å². The number of hydrogen-bond donors (Lipinski definition) is 1. The van der Waals surface area contributed by atoms with E-state index < -0.39 is 0 Å². The van der Waals surface area contributed by atoms with E-state index >= 15 is 0 Å². The molecular formula is C28H43N2P. The summed E-state index contributed by atoms with van der Waals surface area (Å²) >= 11 is 0. The summed E-state index contributed by atoms with van der Waals surface area (Å²) in [6, 6.07) is 6.85. The number of nitrogens with zero attached hydrogens (tertiary/aromatic N) is 1. The van der Waals surface area contributed by atoms with Gasteiger partial charge in [0, 0.05) is 5.54 Å². The third-order valence-electron chi connectivity index (χ3n) is 7.22. The number of hydrogen-bond acceptors (Lipinski definition) is 1. The van der Waals surface area contributed by atoms with Crippen LogP contribution < -0.4 is 5.32 Å². The number of nitrogens with one attached hydrogen (secondary N) is 1. The van der Waals surface area contributed by atoms with Crippen LogP contribution in [0, 0.1) is 0 Å². The molecular weight excluding hydrogens is 395 g/mol. The summed E-state index contributed by atoms with van der Waals surface area (Å²) in [5, 5.41) is 3.96. The molecule has 31 heavy (non-hydrogen) atoms. The van der Waals surface area contributed by atoms with Gasteiger partial charge in [0.15, 0.2) is 0 Å². The molecule has 0 aromatic heterocycles. The Kier molecular flexibility index (Phi) is 7.91. The van der Waals surface area contributed by atoms with Crippen molar-refractivity contribution in [3.05, 3.63) is 41.0 Å². The van der Waals surface area contributed by atoms with Crippen LogP contribution in [0.1, 0.15) is 108 Å². The molecule has 0 saturated heterocycles. The van der Waals surface area contributed by atoms with Crippen LogP contribution in [0.2, 0.25) is 0 Å². The highest BCUT2D eigenvalue weighted by Gasteiger charge is 2.35. The van der Waals surface area contributed by atoms with Crippen LogP contribution in [0.3, 0.4) is 0 Å². The Morgan fingerprint density at radius 3 is 2.23 bits per heavy atom. The molecule has 2 nitrogen and oxygen atoms in total. The Balaban J connectivity index is 1.65. The molecule has 1 N–H and O–H groups in total. The summed E-state index contributed by atoms with van der Waals surface area (Å²) < 4.78 is 0. The lowest BCUT2D eigenvalue weighted by Crippen LogP contribution is -2.42. The summed E-state index contributed by atoms with van der Waals surface area (Å²) in [7, 11) is -0.211. The third kappa shape index (κ3) is 6.22. The average molecular weight is 439 g/mol. The molecule has 0 radical (unpaired) electrons. The standard InChI is InChI=1S/C28H43N2P/c1-28(2,3)30-27(29-21-23-15-12-14-22-13-10-11-20-26(22)23)31(24-16-6-4-7-17-24)25-18-8-5-9-19-25/h11-12,14-15,20,24-25H,4-10,13,16-19,21H2,1-3H3,(H,29,30). The average Bonchev–Trinajstić information content (AvgIpc) is 2.78. The Bertz CT molecular complexity index is 759. The van der Waals surface area contributed by atoms with E-state index in [0.29, 0.717) is 0 Å². The van der Waals surface area contributed by atoms with E-state index in [1.165, 1.54) is 99.3 Å². The van der Waals surface area contributed by atoms with Crippen molar-refractivity contribution in [3.8, 4) is 0 Å². The van der Waals surface area contributed by atoms with Crippen molar-refractivity contribution in [2.75, 3.05) is 0 Å². The van der Waals surface area contributed by atoms with Gasteiger partial charge in [0.25, 0.3) is 0 Å². The minimum atomic E-state index is -0.211. The molecule has 0 heterocycles. The molecule has 1 aromatic carbocycles. The maximum atomic E-state index is 5.44. The molecule has 0 atom stereocenters. The number of benzene rings is 1. The summed E-state index contributed by atoms with van der Waals surface area (Å²) in [5.41, 5.74) is 7.56. The van der Waals surface area contributed by atoms with Crippen molar-refractivity contribution in [3.63, 3.8) is 0 Å². The van der Waals surface area contributed by atoms with Crippen molar-refractivity contribution < 1.29 is 0 Å². The molecule has 3 heteroatoms. The Morgan fingerprint density at radius 1 is 0.968 bits per heavy atom. The first-order valence-corrected chi connectivity index (χ1v) is 14.4. The first-order valence-electron chi connectivity index (χ1n) is 12.9. The molecule has 0 unspecified atom stereocenters. The number of rotatable bonds is 5. The highest BCUT2D eigenvalue weighted by molar-refractivity contribution is 7.76. The SMILES string of the molecule is CC(C)(C)NC(=NCc1cccc2c1C=CCC2)P(C1CCCCC1)C1CCCCC1. The minimum Gasteiger partial charge on any atom is -0.366 e. The maximum absolute atomic E-state index is 5.44. The van der Waals surface area contributed by atoms with Gasteiger partial charge in [-0.15, -0.1) is 0 Å². The zero-order chi connectivity index (χ0) is 21.7. The highest BCUT2D eigenvalue weighted by Crippen LogP contribution is 2.56. The van der Waals surface area contributed by atoms with Crippen LogP contribution in [-0.4, -0.2) is 22.4 Å². The van der Waals surface area contributed by atoms with E-state index in [1.807, 2.05) is 0 Å². The lowest BCUT2D eigenvalue weighted by Gasteiger charge is -2.41. The molecule has 0 bridgehead atoms. The third-order valence-corrected chi connectivity index (χ3v) is 10.6. The van der Waals surface area contributed by atoms with Gasteiger partial charge in [0.2, 0.25) is 0 Å². The van der Waals surface area contributed by atoms with Crippen molar-refractivity contribution in [2.24, 2.45) is 4.99 Å². The van der Waals surface area contributed by atoms with Gasteiger partial charge < -0.3 is 5.32 Å². The first kappa shape index (κ1) is 23.0. The van der Waals surface area contributed by atoms with Gasteiger partial charge in [0.05, 0.1) is 6.54 Å². The second-order valence-electron chi connectivity index (χ2n) is 10.9. The fraction of sp³-hybridized carbons (Fsp3) is 0.679. The summed E-state index contributed by atoms with van der Waals surface area (Å²) in [4.78, 5) is 5.44. The van der Waals surface area contributed by atoms with Gasteiger partial charge >= 0.3 is 0 Å². The molecule has 4 rings (SSSR count). The van der Waals surface area contributed by atoms with Crippen molar-refractivity contribution in [1.82, 2.24) is 5.32 Å². The molecule has 2 fully saturated rings. The monoisotopic (exact) mass is 438 g/mol. The molecule has 0 amide bonds. The number of amidine groups is 1. The molecule has 0 aliphatic heterocycles. The maximum Gasteiger partial charge on any atom is 0.121 e. The van der Waals surface area contributed by atoms with Gasteiger partial charge in [0.1, 0.15) is 5.58 Å². The van der Waals surface area contributed by atoms with Crippen LogP contribution in [0.5, 0.6) is 0 Å². The zero-order valence-electron chi connectivity index (χ0n) is 20.1. The number of aliphatic imine (C=N–C) groups is 1. The second kappa shape index (κ2) is 10.7. The number of aryl methyl sites for hydroxylation is 1. The number of fused-ring (bicyclic) bond motifs is 1. The normalized spacial score (nSPS) is 21.4. The van der Waals surface area contributed by atoms with Crippen LogP contribution in [0.4, 0.5) is 0 Å². The lowest BCUT2D eigenvalue weighted by molar-refractivity contribution is 0.483. The van der Waals surface area contributed by atoms with Crippen LogP contribution in [0.25, 0.3) is 6.08 Å². The summed E-state index contributed by atoms with van der Waals surface area (Å²) in [6.07, 6.45) is 21.3. The first-order chi connectivity index (χ1) is 15.0. The summed E-state index contributed by atoms with van der Waals surface area (Å²) in [6.45, 7) is 7.75. The van der Waals surface area contributed by atoms with Gasteiger partial charge in [-0.1, -0.05) is 68.9 Å². The Labute approximate surface area is 192 Å². The Morgan fingerprint density at radius 2 is 1.61 bits per heavy atom. The van der Waals surface area contributed by atoms with Gasteiger partial charge in [-0.2, -0.15) is 0 Å². The van der Waals surface area contributed by atoms with E-state index in [0.717, 1.165) is 17.9 Å². The van der Waals surface area contributed by atoms with Gasteiger partial charge in [-0.25, -0.2) is 0 Å². The molecule has 3 aliphatic carbocycles. The Hall–Kier alpha value is -1.14. The molecule has 3 aliphatic rings. The van der Waals surface area contributed by atoms with Gasteiger partial charge in [-0.05, 0) is 95.2 Å². The predicted octanol–water partition coefficient (Wildman–Crippen LogP) is 8.04. The summed E-state index contributed by atoms with van der Waals surface area (Å²) in [5.74, 6) is 0. The fourth-order valence-corrected chi connectivity index (χ4v) is 9.55. The zero-order valence-corrected chi connectivity index (χ0v) is 21.0. The quantitative estimate of drug-likeness (QED) is 0.281. The fourth-order valence-electron chi connectivity index (χ4n) is 5.72.